The summed E-state index contributed by atoms with van der Waals surface area (Å²) in [5.74, 6) is 7.72. The number of hydrogen-bond donors (Lipinski definition) is 0. The molecule has 1 fully saturated rings. The van der Waals surface area contributed by atoms with E-state index < -0.39 is 6.36 Å². The van der Waals surface area contributed by atoms with E-state index in [0.717, 1.165) is 22.4 Å². The van der Waals surface area contributed by atoms with Gasteiger partial charge in [0.25, 0.3) is 0 Å². The van der Waals surface area contributed by atoms with E-state index in [2.05, 4.69) is 47.8 Å². The van der Waals surface area contributed by atoms with Crippen molar-refractivity contribution in [2.75, 3.05) is 0 Å². The zero-order valence-electron chi connectivity index (χ0n) is 18.2. The monoisotopic (exact) mass is 436 g/mol. The van der Waals surface area contributed by atoms with Crippen LogP contribution in [0.2, 0.25) is 0 Å². The minimum atomic E-state index is -4.69. The van der Waals surface area contributed by atoms with Gasteiger partial charge in [0, 0.05) is 11.1 Å². The third-order valence-corrected chi connectivity index (χ3v) is 6.32. The summed E-state index contributed by atoms with van der Waals surface area (Å²) < 4.78 is 41.2. The molecule has 0 aromatic heterocycles. The van der Waals surface area contributed by atoms with Gasteiger partial charge in [-0.1, -0.05) is 55.9 Å². The third-order valence-electron chi connectivity index (χ3n) is 6.32. The summed E-state index contributed by atoms with van der Waals surface area (Å²) in [5.41, 5.74) is 3.19. The highest BCUT2D eigenvalue weighted by Gasteiger charge is 2.31. The Hall–Kier alpha value is -2.93. The van der Waals surface area contributed by atoms with Gasteiger partial charge in [-0.05, 0) is 90.3 Å². The molecule has 1 saturated carbocycles. The second-order valence-electron chi connectivity index (χ2n) is 8.65. The molecule has 1 nitrogen and oxygen atoms in total. The van der Waals surface area contributed by atoms with Gasteiger partial charge >= 0.3 is 6.36 Å². The van der Waals surface area contributed by atoms with Crippen molar-refractivity contribution >= 4 is 10.8 Å². The largest absolute Gasteiger partial charge is 0.573 e. The first kappa shape index (κ1) is 22.3. The van der Waals surface area contributed by atoms with Crippen molar-refractivity contribution in [3.63, 3.8) is 0 Å². The van der Waals surface area contributed by atoms with Crippen molar-refractivity contribution in [3.05, 3.63) is 77.4 Å². The second-order valence-corrected chi connectivity index (χ2v) is 8.65. The molecule has 32 heavy (non-hydrogen) atoms. The zero-order chi connectivity index (χ0) is 22.6. The first-order chi connectivity index (χ1) is 15.4. The van der Waals surface area contributed by atoms with Gasteiger partial charge in [-0.2, -0.15) is 0 Å². The molecule has 0 bridgehead atoms. The molecule has 3 aromatic rings. The highest BCUT2D eigenvalue weighted by molar-refractivity contribution is 5.85. The van der Waals surface area contributed by atoms with Crippen molar-refractivity contribution in [2.24, 2.45) is 5.92 Å². The van der Waals surface area contributed by atoms with Gasteiger partial charge in [0.2, 0.25) is 0 Å². The SMILES string of the molecule is CCC[C@H]1CC[C@H](c2ccc(C#Cc3ccc4cc(OC(F)(F)F)ccc4c3)cc2)CC1. The fourth-order valence-corrected chi connectivity index (χ4v) is 4.67. The molecule has 1 aliphatic rings. The minimum Gasteiger partial charge on any atom is -0.406 e. The van der Waals surface area contributed by atoms with Gasteiger partial charge in [0.15, 0.2) is 0 Å². The number of rotatable bonds is 4. The van der Waals surface area contributed by atoms with Crippen LogP contribution in [0.1, 0.15) is 68.1 Å². The van der Waals surface area contributed by atoms with Crippen LogP contribution in [0.4, 0.5) is 13.2 Å². The molecular formula is C28H27F3O. The first-order valence-corrected chi connectivity index (χ1v) is 11.3. The molecule has 1 aliphatic carbocycles. The Morgan fingerprint density at radius 3 is 2.12 bits per heavy atom. The standard InChI is InChI=1S/C28H27F3O/c1-2-3-20-6-11-23(12-7-20)24-13-8-21(9-14-24)4-5-22-10-15-26-19-27(32-28(29,30)31)17-16-25(26)18-22/h8-10,13-20,23H,2-3,6-7,11-12H2,1H3/t20-,23-. The van der Waals surface area contributed by atoms with Crippen molar-refractivity contribution in [1.29, 1.82) is 0 Å². The Bertz CT molecular complexity index is 1110. The number of halogens is 3. The van der Waals surface area contributed by atoms with Crippen molar-refractivity contribution < 1.29 is 17.9 Å². The summed E-state index contributed by atoms with van der Waals surface area (Å²) in [6.45, 7) is 2.27. The lowest BCUT2D eigenvalue weighted by molar-refractivity contribution is -0.274. The lowest BCUT2D eigenvalue weighted by atomic mass is 9.77. The molecular weight excluding hydrogens is 409 g/mol. The molecule has 0 aliphatic heterocycles. The fourth-order valence-electron chi connectivity index (χ4n) is 4.67. The topological polar surface area (TPSA) is 9.23 Å². The summed E-state index contributed by atoms with van der Waals surface area (Å²) >= 11 is 0. The number of fused-ring (bicyclic) bond motifs is 1. The quantitative estimate of drug-likeness (QED) is 0.374. The van der Waals surface area contributed by atoms with Gasteiger partial charge in [-0.15, -0.1) is 13.2 Å². The van der Waals surface area contributed by atoms with Crippen molar-refractivity contribution in [1.82, 2.24) is 0 Å². The van der Waals surface area contributed by atoms with E-state index in [1.807, 2.05) is 12.1 Å². The molecule has 0 N–H and O–H groups in total. The molecule has 0 unspecified atom stereocenters. The van der Waals surface area contributed by atoms with Crippen LogP contribution >= 0.6 is 0 Å². The molecule has 0 heterocycles. The van der Waals surface area contributed by atoms with Crippen LogP contribution in [0.3, 0.4) is 0 Å². The fraction of sp³-hybridized carbons (Fsp3) is 0.357. The molecule has 166 valence electrons. The Labute approximate surface area is 187 Å². The molecule has 0 radical (unpaired) electrons. The molecule has 0 saturated heterocycles. The normalized spacial score (nSPS) is 18.8. The Morgan fingerprint density at radius 1 is 0.812 bits per heavy atom. The molecule has 4 heteroatoms. The zero-order valence-corrected chi connectivity index (χ0v) is 18.2. The smallest absolute Gasteiger partial charge is 0.406 e. The molecule has 0 spiro atoms. The number of ether oxygens (including phenoxy) is 1. The number of alkyl halides is 3. The Balaban J connectivity index is 1.42. The Morgan fingerprint density at radius 2 is 1.44 bits per heavy atom. The van der Waals surface area contributed by atoms with Crippen LogP contribution in [0, 0.1) is 17.8 Å². The summed E-state index contributed by atoms with van der Waals surface area (Å²) in [4.78, 5) is 0. The van der Waals surface area contributed by atoms with Gasteiger partial charge < -0.3 is 4.74 Å². The maximum absolute atomic E-state index is 12.4. The summed E-state index contributed by atoms with van der Waals surface area (Å²) in [5, 5.41) is 1.50. The summed E-state index contributed by atoms with van der Waals surface area (Å²) in [6.07, 6.45) is 3.19. The van der Waals surface area contributed by atoms with E-state index in [1.165, 1.54) is 56.2 Å². The predicted octanol–water partition coefficient (Wildman–Crippen LogP) is 8.21. The summed E-state index contributed by atoms with van der Waals surface area (Å²) in [7, 11) is 0. The molecule has 4 rings (SSSR count). The van der Waals surface area contributed by atoms with Gasteiger partial charge in [0.1, 0.15) is 5.75 Å². The second kappa shape index (κ2) is 9.69. The molecule has 0 amide bonds. The number of hydrogen-bond acceptors (Lipinski definition) is 1. The van der Waals surface area contributed by atoms with Crippen LogP contribution < -0.4 is 4.74 Å². The van der Waals surface area contributed by atoms with Gasteiger partial charge in [-0.3, -0.25) is 0 Å². The van der Waals surface area contributed by atoms with Crippen LogP contribution in [0.15, 0.2) is 60.7 Å². The maximum Gasteiger partial charge on any atom is 0.573 e. The number of benzene rings is 3. The van der Waals surface area contributed by atoms with Crippen molar-refractivity contribution in [2.45, 2.75) is 57.7 Å². The highest BCUT2D eigenvalue weighted by atomic mass is 19.4. The van der Waals surface area contributed by atoms with Crippen molar-refractivity contribution in [3.8, 4) is 17.6 Å². The van der Waals surface area contributed by atoms with E-state index in [4.69, 9.17) is 0 Å². The van der Waals surface area contributed by atoms with Crippen LogP contribution in [0.5, 0.6) is 5.75 Å². The van der Waals surface area contributed by atoms with E-state index in [0.29, 0.717) is 11.3 Å². The average molecular weight is 437 g/mol. The first-order valence-electron chi connectivity index (χ1n) is 11.3. The van der Waals surface area contributed by atoms with E-state index in [1.54, 1.807) is 12.1 Å². The Kier molecular flexibility index (Phi) is 6.74. The molecule has 3 aromatic carbocycles. The average Bonchev–Trinajstić information content (AvgIpc) is 2.78. The lowest BCUT2D eigenvalue weighted by Crippen LogP contribution is -2.16. The molecule has 0 atom stereocenters. The highest BCUT2D eigenvalue weighted by Crippen LogP contribution is 2.37. The van der Waals surface area contributed by atoms with E-state index >= 15 is 0 Å². The minimum absolute atomic E-state index is 0.220. The van der Waals surface area contributed by atoms with E-state index in [9.17, 15) is 13.2 Å². The predicted molar refractivity (Wildman–Crippen MR) is 123 cm³/mol. The van der Waals surface area contributed by atoms with Gasteiger partial charge in [0.05, 0.1) is 0 Å². The van der Waals surface area contributed by atoms with Gasteiger partial charge in [-0.25, -0.2) is 0 Å². The van der Waals surface area contributed by atoms with Crippen LogP contribution in [-0.2, 0) is 0 Å². The maximum atomic E-state index is 12.4. The van der Waals surface area contributed by atoms with Crippen LogP contribution in [-0.4, -0.2) is 6.36 Å². The third kappa shape index (κ3) is 5.85. The lowest BCUT2D eigenvalue weighted by Gasteiger charge is -2.28. The van der Waals surface area contributed by atoms with Crippen LogP contribution in [0.25, 0.3) is 10.8 Å². The van der Waals surface area contributed by atoms with E-state index in [-0.39, 0.29) is 5.75 Å². The summed E-state index contributed by atoms with van der Waals surface area (Å²) in [6, 6.07) is 18.4.